The summed E-state index contributed by atoms with van der Waals surface area (Å²) in [5.41, 5.74) is 0.846. The Balaban J connectivity index is 2.20. The zero-order chi connectivity index (χ0) is 15.8. The van der Waals surface area contributed by atoms with Gasteiger partial charge in [0, 0.05) is 39.1 Å². The van der Waals surface area contributed by atoms with Gasteiger partial charge in [-0.3, -0.25) is 19.6 Å². The minimum absolute atomic E-state index is 0.0000389. The number of imide groups is 1. The first kappa shape index (κ1) is 16.7. The topological polar surface area (TPSA) is 113 Å². The number of nitrogens with one attached hydrogen (secondary N) is 2. The van der Waals surface area contributed by atoms with E-state index in [4.69, 9.17) is 5.11 Å². The number of carboxylic acid groups (broad SMARTS) is 1. The van der Waals surface area contributed by atoms with Crippen LogP contribution in [0.4, 0.5) is 4.79 Å². The molecule has 3 amide bonds. The molecule has 0 saturated heterocycles. The molecule has 0 aliphatic rings. The number of carboxylic acids is 1. The molecule has 8 nitrogen and oxygen atoms in total. The minimum Gasteiger partial charge on any atom is -0.481 e. The number of nitrogens with zero attached hydrogens (tertiary/aromatic N) is 2. The lowest BCUT2D eigenvalue weighted by Crippen LogP contribution is -2.40. The van der Waals surface area contributed by atoms with Crippen molar-refractivity contribution in [1.82, 2.24) is 20.4 Å². The number of aromatic nitrogens is 2. The van der Waals surface area contributed by atoms with Gasteiger partial charge in [-0.2, -0.15) is 5.10 Å². The molecule has 0 aliphatic heterocycles. The van der Waals surface area contributed by atoms with Crippen LogP contribution in [0.15, 0.2) is 12.3 Å². The van der Waals surface area contributed by atoms with Gasteiger partial charge in [0.2, 0.25) is 5.91 Å². The Kier molecular flexibility index (Phi) is 6.38. The van der Waals surface area contributed by atoms with Gasteiger partial charge in [0.1, 0.15) is 0 Å². The van der Waals surface area contributed by atoms with Crippen molar-refractivity contribution in [1.29, 1.82) is 0 Å². The number of carbonyl (C=O) groups excluding carboxylic acids is 2. The molecule has 1 rings (SSSR count). The normalized spacial score (nSPS) is 11.7. The lowest BCUT2D eigenvalue weighted by Gasteiger charge is -2.09. The van der Waals surface area contributed by atoms with Crippen molar-refractivity contribution in [2.45, 2.75) is 26.2 Å². The molecule has 21 heavy (non-hydrogen) atoms. The van der Waals surface area contributed by atoms with Crippen molar-refractivity contribution in [3.63, 3.8) is 0 Å². The van der Waals surface area contributed by atoms with E-state index < -0.39 is 17.9 Å². The van der Waals surface area contributed by atoms with Crippen LogP contribution < -0.4 is 10.6 Å². The third kappa shape index (κ3) is 7.09. The van der Waals surface area contributed by atoms with E-state index in [9.17, 15) is 14.4 Å². The van der Waals surface area contributed by atoms with Gasteiger partial charge in [-0.15, -0.1) is 0 Å². The van der Waals surface area contributed by atoms with Crippen LogP contribution >= 0.6 is 0 Å². The Morgan fingerprint density at radius 2 is 2.10 bits per heavy atom. The van der Waals surface area contributed by atoms with Gasteiger partial charge >= 0.3 is 12.0 Å². The summed E-state index contributed by atoms with van der Waals surface area (Å²) in [7, 11) is 1.81. The van der Waals surface area contributed by atoms with Gasteiger partial charge in [-0.1, -0.05) is 6.92 Å². The maximum absolute atomic E-state index is 11.5. The van der Waals surface area contributed by atoms with Crippen LogP contribution in [0.2, 0.25) is 0 Å². The van der Waals surface area contributed by atoms with E-state index in [2.05, 4.69) is 15.7 Å². The molecule has 8 heteroatoms. The van der Waals surface area contributed by atoms with Gasteiger partial charge in [-0.05, 0) is 12.0 Å². The summed E-state index contributed by atoms with van der Waals surface area (Å²) in [6.45, 7) is 2.01. The molecular formula is C13H20N4O4. The van der Waals surface area contributed by atoms with Crippen molar-refractivity contribution >= 4 is 17.9 Å². The molecule has 0 fully saturated rings. The zero-order valence-corrected chi connectivity index (χ0v) is 12.1. The highest BCUT2D eigenvalue weighted by Crippen LogP contribution is 2.06. The van der Waals surface area contributed by atoms with E-state index in [1.54, 1.807) is 18.7 Å². The first-order chi connectivity index (χ1) is 9.86. The van der Waals surface area contributed by atoms with Crippen LogP contribution in [-0.4, -0.2) is 39.3 Å². The minimum atomic E-state index is -0.963. The number of hydrogen-bond acceptors (Lipinski definition) is 4. The Morgan fingerprint density at radius 1 is 1.38 bits per heavy atom. The Bertz CT molecular complexity index is 512. The summed E-state index contributed by atoms with van der Waals surface area (Å²) in [4.78, 5) is 33.4. The molecule has 1 heterocycles. The van der Waals surface area contributed by atoms with E-state index >= 15 is 0 Å². The predicted molar refractivity (Wildman–Crippen MR) is 74.5 cm³/mol. The smallest absolute Gasteiger partial charge is 0.321 e. The monoisotopic (exact) mass is 296 g/mol. The van der Waals surface area contributed by atoms with Gasteiger partial charge < -0.3 is 10.4 Å². The molecule has 0 bridgehead atoms. The maximum Gasteiger partial charge on any atom is 0.321 e. The summed E-state index contributed by atoms with van der Waals surface area (Å²) in [6.07, 6.45) is 2.27. The number of amides is 3. The van der Waals surface area contributed by atoms with Crippen molar-refractivity contribution in [3.05, 3.63) is 18.0 Å². The van der Waals surface area contributed by atoms with Crippen molar-refractivity contribution in [2.75, 3.05) is 6.54 Å². The highest BCUT2D eigenvalue weighted by molar-refractivity contribution is 5.94. The Hall–Kier alpha value is -2.38. The van der Waals surface area contributed by atoms with E-state index in [0.717, 1.165) is 5.69 Å². The molecule has 1 unspecified atom stereocenters. The lowest BCUT2D eigenvalue weighted by molar-refractivity contribution is -0.138. The molecule has 1 aromatic rings. The van der Waals surface area contributed by atoms with Crippen LogP contribution in [0.3, 0.4) is 0 Å². The summed E-state index contributed by atoms with van der Waals surface area (Å²) in [5, 5.41) is 17.5. The fourth-order valence-corrected chi connectivity index (χ4v) is 1.81. The van der Waals surface area contributed by atoms with E-state index in [1.807, 2.05) is 12.3 Å². The third-order valence-electron chi connectivity index (χ3n) is 2.75. The highest BCUT2D eigenvalue weighted by Gasteiger charge is 2.14. The lowest BCUT2D eigenvalue weighted by atomic mass is 10.0. The Morgan fingerprint density at radius 3 is 2.67 bits per heavy atom. The van der Waals surface area contributed by atoms with Crippen molar-refractivity contribution in [3.8, 4) is 0 Å². The first-order valence-corrected chi connectivity index (χ1v) is 6.65. The average Bonchev–Trinajstić information content (AvgIpc) is 2.73. The SMILES string of the molecule is CC(CC(=O)O)CC(=O)NC(=O)NCCc1ccn(C)n1. The molecule has 0 saturated carbocycles. The van der Waals surface area contributed by atoms with Crippen LogP contribution in [0.25, 0.3) is 0 Å². The summed E-state index contributed by atoms with van der Waals surface area (Å²) < 4.78 is 1.67. The number of carbonyl (C=O) groups is 3. The van der Waals surface area contributed by atoms with Gasteiger partial charge in [0.25, 0.3) is 0 Å². The molecule has 0 aliphatic carbocycles. The second-order valence-electron chi connectivity index (χ2n) is 4.94. The van der Waals surface area contributed by atoms with Gasteiger partial charge in [0.05, 0.1) is 5.69 Å². The van der Waals surface area contributed by atoms with Crippen molar-refractivity contribution in [2.24, 2.45) is 13.0 Å². The van der Waals surface area contributed by atoms with Crippen LogP contribution in [-0.2, 0) is 23.1 Å². The van der Waals surface area contributed by atoms with Crippen LogP contribution in [0, 0.1) is 5.92 Å². The van der Waals surface area contributed by atoms with E-state index in [0.29, 0.717) is 13.0 Å². The molecule has 0 spiro atoms. The molecule has 0 aromatic carbocycles. The summed E-state index contributed by atoms with van der Waals surface area (Å²) >= 11 is 0. The fourth-order valence-electron chi connectivity index (χ4n) is 1.81. The van der Waals surface area contributed by atoms with Gasteiger partial charge in [-0.25, -0.2) is 4.79 Å². The quantitative estimate of drug-likeness (QED) is 0.669. The molecule has 1 atom stereocenters. The standard InChI is InChI=1S/C13H20N4O4/c1-9(8-12(19)20)7-11(18)15-13(21)14-5-3-10-4-6-17(2)16-10/h4,6,9H,3,5,7-8H2,1-2H3,(H,19,20)(H2,14,15,18,21). The number of rotatable bonds is 7. The van der Waals surface area contributed by atoms with E-state index in [-0.39, 0.29) is 18.8 Å². The van der Waals surface area contributed by atoms with E-state index in [1.165, 1.54) is 0 Å². The molecule has 1 aromatic heterocycles. The average molecular weight is 296 g/mol. The molecule has 3 N–H and O–H groups in total. The van der Waals surface area contributed by atoms with Crippen molar-refractivity contribution < 1.29 is 19.5 Å². The molecular weight excluding hydrogens is 276 g/mol. The van der Waals surface area contributed by atoms with Gasteiger partial charge in [0.15, 0.2) is 0 Å². The largest absolute Gasteiger partial charge is 0.481 e. The second-order valence-corrected chi connectivity index (χ2v) is 4.94. The molecule has 116 valence electrons. The third-order valence-corrected chi connectivity index (χ3v) is 2.75. The number of aliphatic carboxylic acids is 1. The summed E-state index contributed by atoms with van der Waals surface area (Å²) in [5.74, 6) is -1.77. The molecule has 0 radical (unpaired) electrons. The number of urea groups is 1. The summed E-state index contributed by atoms with van der Waals surface area (Å²) in [6, 6.07) is 1.26. The maximum atomic E-state index is 11.5. The zero-order valence-electron chi connectivity index (χ0n) is 12.1. The highest BCUT2D eigenvalue weighted by atomic mass is 16.4. The number of hydrogen-bond donors (Lipinski definition) is 3. The first-order valence-electron chi connectivity index (χ1n) is 6.65. The van der Waals surface area contributed by atoms with Crippen LogP contribution in [0.1, 0.15) is 25.5 Å². The Labute approximate surface area is 122 Å². The fraction of sp³-hybridized carbons (Fsp3) is 0.538. The second kappa shape index (κ2) is 8.03. The number of aryl methyl sites for hydroxylation is 1. The predicted octanol–water partition coefficient (Wildman–Crippen LogP) is 0.289. The van der Waals surface area contributed by atoms with Crippen LogP contribution in [0.5, 0.6) is 0 Å².